The van der Waals surface area contributed by atoms with Gasteiger partial charge in [0, 0.05) is 22.2 Å². The summed E-state index contributed by atoms with van der Waals surface area (Å²) in [6.07, 6.45) is 2.85. The summed E-state index contributed by atoms with van der Waals surface area (Å²) in [5.74, 6) is -1.67. The second-order valence-corrected chi connectivity index (χ2v) is 6.53. The quantitative estimate of drug-likeness (QED) is 0.574. The lowest BCUT2D eigenvalue weighted by Crippen LogP contribution is -2.22. The number of halogens is 1. The van der Waals surface area contributed by atoms with E-state index >= 15 is 0 Å². The van der Waals surface area contributed by atoms with Crippen LogP contribution in [-0.4, -0.2) is 27.6 Å². The number of carbonyl (C=O) groups excluding carboxylic acids is 1. The van der Waals surface area contributed by atoms with Crippen LogP contribution in [0.15, 0.2) is 58.3 Å². The zero-order chi connectivity index (χ0) is 23.0. The van der Waals surface area contributed by atoms with E-state index < -0.39 is 18.7 Å². The molecule has 0 atom stereocenters. The highest BCUT2D eigenvalue weighted by Gasteiger charge is 2.12. The maximum Gasteiger partial charge on any atom is 0.261 e. The number of rotatable bonds is 4. The first-order valence-corrected chi connectivity index (χ1v) is 8.63. The molecule has 1 amide bonds. The molecular formula is C21H17FN4O3. The van der Waals surface area contributed by atoms with Crippen LogP contribution in [0.1, 0.15) is 25.7 Å². The van der Waals surface area contributed by atoms with Gasteiger partial charge in [-0.1, -0.05) is 11.2 Å². The minimum atomic E-state index is -2.70. The van der Waals surface area contributed by atoms with Crippen LogP contribution in [0, 0.1) is 12.7 Å². The van der Waals surface area contributed by atoms with E-state index in [4.69, 9.17) is 8.64 Å². The van der Waals surface area contributed by atoms with Crippen molar-refractivity contribution >= 4 is 16.8 Å². The summed E-state index contributed by atoms with van der Waals surface area (Å²) in [5.41, 5.74) is 2.58. The molecule has 0 radical (unpaired) electrons. The summed E-state index contributed by atoms with van der Waals surface area (Å²) < 4.78 is 41.7. The van der Waals surface area contributed by atoms with Crippen molar-refractivity contribution in [3.63, 3.8) is 0 Å². The summed E-state index contributed by atoms with van der Waals surface area (Å²) >= 11 is 0. The number of aryl methyl sites for hydroxylation is 1. The molecule has 29 heavy (non-hydrogen) atoms. The molecule has 0 unspecified atom stereocenters. The van der Waals surface area contributed by atoms with E-state index in [0.29, 0.717) is 22.2 Å². The molecule has 0 aliphatic heterocycles. The largest absolute Gasteiger partial charge is 0.364 e. The van der Waals surface area contributed by atoms with E-state index in [9.17, 15) is 14.0 Å². The van der Waals surface area contributed by atoms with Crippen LogP contribution in [0.4, 0.5) is 4.39 Å². The van der Waals surface area contributed by atoms with Crippen LogP contribution in [0.5, 0.6) is 0 Å². The van der Waals surface area contributed by atoms with Gasteiger partial charge in [0.2, 0.25) is 0 Å². The molecule has 8 heteroatoms. The van der Waals surface area contributed by atoms with Gasteiger partial charge in [0.25, 0.3) is 11.5 Å². The first-order chi connectivity index (χ1) is 15.1. The topological polar surface area (TPSA) is 90.0 Å². The highest BCUT2D eigenvalue weighted by molar-refractivity contribution is 5.94. The number of nitrogens with zero attached hydrogens (tertiary/aromatic N) is 3. The molecule has 0 aliphatic carbocycles. The summed E-state index contributed by atoms with van der Waals surface area (Å²) in [6, 6.07) is 8.58. The van der Waals surface area contributed by atoms with Crippen molar-refractivity contribution in [3.8, 4) is 11.1 Å². The average Bonchev–Trinajstić information content (AvgIpc) is 3.14. The number of carbonyl (C=O) groups is 1. The molecule has 4 aromatic rings. The van der Waals surface area contributed by atoms with E-state index in [0.717, 1.165) is 17.2 Å². The van der Waals surface area contributed by atoms with Crippen molar-refractivity contribution in [1.29, 1.82) is 0 Å². The van der Waals surface area contributed by atoms with Gasteiger partial charge in [-0.3, -0.25) is 14.2 Å². The smallest absolute Gasteiger partial charge is 0.261 e. The van der Waals surface area contributed by atoms with Gasteiger partial charge in [-0.25, -0.2) is 9.37 Å². The molecule has 0 fully saturated rings. The Morgan fingerprint density at radius 3 is 2.93 bits per heavy atom. The molecule has 0 aliphatic rings. The molecule has 2 aromatic heterocycles. The molecule has 7 nitrogen and oxygen atoms in total. The minimum Gasteiger partial charge on any atom is -0.364 e. The number of nitrogens with one attached hydrogen (secondary N) is 1. The van der Waals surface area contributed by atoms with Gasteiger partial charge < -0.3 is 9.84 Å². The average molecular weight is 395 g/mol. The zero-order valence-electron chi connectivity index (χ0n) is 18.3. The monoisotopic (exact) mass is 395 g/mol. The maximum absolute atomic E-state index is 14.1. The van der Waals surface area contributed by atoms with E-state index in [1.165, 1.54) is 29.3 Å². The van der Waals surface area contributed by atoms with Gasteiger partial charge in [-0.15, -0.1) is 0 Å². The van der Waals surface area contributed by atoms with Crippen molar-refractivity contribution < 1.29 is 17.8 Å². The number of fused-ring (bicyclic) bond motifs is 1. The minimum absolute atomic E-state index is 0.0555. The van der Waals surface area contributed by atoms with E-state index in [1.807, 2.05) is 5.32 Å². The lowest BCUT2D eigenvalue weighted by atomic mass is 10.1. The molecular weight excluding hydrogens is 375 g/mol. The van der Waals surface area contributed by atoms with Crippen LogP contribution in [-0.2, 0) is 6.54 Å². The third-order valence-corrected chi connectivity index (χ3v) is 4.57. The SMILES string of the molecule is [2H]C([2H])([2H])NC(=O)c1cc(F)cc(Cn2cnc3cc(-c4conc4C)ccc3c2=O)c1. The Balaban J connectivity index is 1.66. The fourth-order valence-corrected chi connectivity index (χ4v) is 3.15. The van der Waals surface area contributed by atoms with Gasteiger partial charge >= 0.3 is 0 Å². The van der Waals surface area contributed by atoms with E-state index in [2.05, 4.69) is 10.1 Å². The Labute approximate surface area is 169 Å². The van der Waals surface area contributed by atoms with Gasteiger partial charge in [-0.2, -0.15) is 0 Å². The molecule has 2 heterocycles. The normalized spacial score (nSPS) is 13.0. The number of aromatic nitrogens is 3. The summed E-state index contributed by atoms with van der Waals surface area (Å²) in [5, 5.41) is 6.02. The second-order valence-electron chi connectivity index (χ2n) is 6.53. The van der Waals surface area contributed by atoms with Crippen LogP contribution < -0.4 is 10.9 Å². The first-order valence-electron chi connectivity index (χ1n) is 10.1. The predicted octanol–water partition coefficient (Wildman–Crippen LogP) is 2.91. The van der Waals surface area contributed by atoms with Crippen molar-refractivity contribution in [2.24, 2.45) is 0 Å². The predicted molar refractivity (Wildman–Crippen MR) is 105 cm³/mol. The third kappa shape index (κ3) is 3.52. The molecule has 2 aromatic carbocycles. The fraction of sp³-hybridized carbons (Fsp3) is 0.143. The highest BCUT2D eigenvalue weighted by Crippen LogP contribution is 2.24. The Hall–Kier alpha value is -3.81. The molecule has 4 rings (SSSR count). The fourth-order valence-electron chi connectivity index (χ4n) is 3.15. The van der Waals surface area contributed by atoms with Crippen molar-refractivity contribution in [1.82, 2.24) is 20.0 Å². The molecule has 146 valence electrons. The number of hydrogen-bond donors (Lipinski definition) is 1. The van der Waals surface area contributed by atoms with Crippen molar-refractivity contribution in [2.45, 2.75) is 13.5 Å². The standard InChI is InChI=1S/C21H17FN4O3/c1-12-18(10-29-25-12)14-3-4-17-19(8-14)24-11-26(21(17)28)9-13-5-15(20(27)23-2)7-16(22)6-13/h3-8,10-11H,9H2,1-2H3,(H,23,27)/i2D3. The Kier molecular flexibility index (Phi) is 3.82. The summed E-state index contributed by atoms with van der Waals surface area (Å²) in [4.78, 5) is 29.3. The van der Waals surface area contributed by atoms with Crippen LogP contribution in [0.25, 0.3) is 22.0 Å². The second kappa shape index (κ2) is 7.31. The Bertz CT molecular complexity index is 1400. The summed E-state index contributed by atoms with van der Waals surface area (Å²) in [7, 11) is 0. The van der Waals surface area contributed by atoms with E-state index in [-0.39, 0.29) is 17.7 Å². The Morgan fingerprint density at radius 2 is 2.17 bits per heavy atom. The van der Waals surface area contributed by atoms with Gasteiger partial charge in [0.15, 0.2) is 0 Å². The van der Waals surface area contributed by atoms with Gasteiger partial charge in [-0.05, 0) is 48.4 Å². The highest BCUT2D eigenvalue weighted by atomic mass is 19.1. The van der Waals surface area contributed by atoms with Gasteiger partial charge in [0.05, 0.1) is 29.5 Å². The van der Waals surface area contributed by atoms with Crippen molar-refractivity contribution in [2.75, 3.05) is 6.98 Å². The van der Waals surface area contributed by atoms with Crippen molar-refractivity contribution in [3.05, 3.63) is 82.0 Å². The molecule has 0 spiro atoms. The molecule has 1 N–H and O–H groups in total. The Morgan fingerprint density at radius 1 is 1.31 bits per heavy atom. The lowest BCUT2D eigenvalue weighted by Gasteiger charge is -2.09. The van der Waals surface area contributed by atoms with Crippen LogP contribution in [0.3, 0.4) is 0 Å². The van der Waals surface area contributed by atoms with E-state index in [1.54, 1.807) is 25.1 Å². The number of benzene rings is 2. The van der Waals surface area contributed by atoms with Crippen LogP contribution >= 0.6 is 0 Å². The number of amides is 1. The molecule has 0 saturated heterocycles. The zero-order valence-corrected chi connectivity index (χ0v) is 15.3. The lowest BCUT2D eigenvalue weighted by molar-refractivity contribution is 0.0962. The molecule has 0 bridgehead atoms. The van der Waals surface area contributed by atoms with Gasteiger partial charge in [0.1, 0.15) is 12.1 Å². The first kappa shape index (κ1) is 15.2. The summed E-state index contributed by atoms with van der Waals surface area (Å²) in [6.45, 7) is -0.952. The van der Waals surface area contributed by atoms with Crippen LogP contribution in [0.2, 0.25) is 0 Å². The molecule has 0 saturated carbocycles. The third-order valence-electron chi connectivity index (χ3n) is 4.57. The number of hydrogen-bond acceptors (Lipinski definition) is 5. The maximum atomic E-state index is 14.1.